The Hall–Kier alpha value is -1.80. The first-order chi connectivity index (χ1) is 12.0. The zero-order chi connectivity index (χ0) is 19.6. The molecule has 2 unspecified atom stereocenters. The minimum absolute atomic E-state index is 0. The molecule has 5 N–H and O–H groups in total. The van der Waals surface area contributed by atoms with Crippen LogP contribution in [0.15, 0.2) is 18.2 Å². The number of aromatic nitrogens is 1. The summed E-state index contributed by atoms with van der Waals surface area (Å²) in [5, 5.41) is 21.4. The molecule has 1 heterocycles. The zero-order valence-corrected chi connectivity index (χ0v) is 17.3. The number of phenolic OH excluding ortho intramolecular Hbond substituents is 1. The first-order valence-electron chi connectivity index (χ1n) is 8.62. The summed E-state index contributed by atoms with van der Waals surface area (Å²) < 4.78 is 5.23. The lowest BCUT2D eigenvalue weighted by atomic mass is 9.81. The molecule has 0 fully saturated rings. The molecule has 0 radical (unpaired) electrons. The SMILES string of the molecule is CN(C)CCOC(=O)c1cc2c(C(O)C(N)C(C)(C)C)ccc(O)c2[nH]1.Cl. The second kappa shape index (κ2) is 8.93. The van der Waals surface area contributed by atoms with Gasteiger partial charge in [0.25, 0.3) is 0 Å². The second-order valence-electron chi connectivity index (χ2n) is 7.92. The molecule has 0 amide bonds. The maximum absolute atomic E-state index is 12.2. The van der Waals surface area contributed by atoms with Gasteiger partial charge in [0, 0.05) is 18.0 Å². The van der Waals surface area contributed by atoms with Gasteiger partial charge in [-0.2, -0.15) is 0 Å². The number of likely N-dealkylation sites (N-methyl/N-ethyl adjacent to an activating group) is 1. The number of hydrogen-bond acceptors (Lipinski definition) is 6. The Kier molecular flexibility index (Phi) is 7.68. The van der Waals surface area contributed by atoms with Gasteiger partial charge in [-0.05, 0) is 37.2 Å². The number of ether oxygens (including phenoxy) is 1. The summed E-state index contributed by atoms with van der Waals surface area (Å²) in [7, 11) is 3.78. The average molecular weight is 400 g/mol. The van der Waals surface area contributed by atoms with Gasteiger partial charge in [0.05, 0.1) is 11.6 Å². The highest BCUT2D eigenvalue weighted by atomic mass is 35.5. The number of carbonyl (C=O) groups is 1. The molecule has 0 spiro atoms. The normalized spacial score (nSPS) is 14.1. The van der Waals surface area contributed by atoms with E-state index in [0.717, 1.165) is 0 Å². The third-order valence-electron chi connectivity index (χ3n) is 4.46. The van der Waals surface area contributed by atoms with Crippen LogP contribution in [-0.2, 0) is 4.74 Å². The summed E-state index contributed by atoms with van der Waals surface area (Å²) in [6.07, 6.45) is -0.938. The number of fused-ring (bicyclic) bond motifs is 1. The van der Waals surface area contributed by atoms with E-state index in [0.29, 0.717) is 23.0 Å². The Morgan fingerprint density at radius 2 is 1.96 bits per heavy atom. The van der Waals surface area contributed by atoms with Crippen molar-refractivity contribution >= 4 is 29.3 Å². The summed E-state index contributed by atoms with van der Waals surface area (Å²) >= 11 is 0. The summed E-state index contributed by atoms with van der Waals surface area (Å²) in [6.45, 7) is 6.72. The molecule has 0 bridgehead atoms. The van der Waals surface area contributed by atoms with Gasteiger partial charge in [-0.1, -0.05) is 26.8 Å². The standard InChI is InChI=1S/C19H29N3O4.ClH/c1-19(2,3)17(20)16(24)11-6-7-14(23)15-12(11)10-13(21-15)18(25)26-9-8-22(4)5;/h6-7,10,16-17,21,23-24H,8-9,20H2,1-5H3;1H. The molecule has 2 rings (SSSR count). The quantitative estimate of drug-likeness (QED) is 0.555. The van der Waals surface area contributed by atoms with Crippen molar-refractivity contribution < 1.29 is 19.7 Å². The van der Waals surface area contributed by atoms with Gasteiger partial charge in [0.15, 0.2) is 0 Å². The Labute approximate surface area is 165 Å². The van der Waals surface area contributed by atoms with E-state index < -0.39 is 18.1 Å². The van der Waals surface area contributed by atoms with E-state index in [-0.39, 0.29) is 35.9 Å². The van der Waals surface area contributed by atoms with Crippen molar-refractivity contribution in [1.29, 1.82) is 0 Å². The minimum Gasteiger partial charge on any atom is -0.506 e. The van der Waals surface area contributed by atoms with E-state index in [1.165, 1.54) is 6.07 Å². The number of halogens is 1. The predicted octanol–water partition coefficient (Wildman–Crippen LogP) is 2.42. The lowest BCUT2D eigenvalue weighted by molar-refractivity contribution is 0.0476. The van der Waals surface area contributed by atoms with Crippen molar-refractivity contribution in [2.45, 2.75) is 32.9 Å². The predicted molar refractivity (Wildman–Crippen MR) is 108 cm³/mol. The molecule has 152 valence electrons. The van der Waals surface area contributed by atoms with Crippen LogP contribution in [0.4, 0.5) is 0 Å². The lowest BCUT2D eigenvalue weighted by Gasteiger charge is -2.31. The third-order valence-corrected chi connectivity index (χ3v) is 4.46. The second-order valence-corrected chi connectivity index (χ2v) is 7.92. The van der Waals surface area contributed by atoms with E-state index >= 15 is 0 Å². The fourth-order valence-corrected chi connectivity index (χ4v) is 2.66. The van der Waals surface area contributed by atoms with Crippen molar-refractivity contribution in [3.8, 4) is 5.75 Å². The number of rotatable bonds is 6. The van der Waals surface area contributed by atoms with Crippen LogP contribution in [0.25, 0.3) is 10.9 Å². The van der Waals surface area contributed by atoms with Crippen LogP contribution in [0.2, 0.25) is 0 Å². The van der Waals surface area contributed by atoms with Gasteiger partial charge in [0.1, 0.15) is 18.1 Å². The first-order valence-corrected chi connectivity index (χ1v) is 8.62. The maximum atomic E-state index is 12.2. The minimum atomic E-state index is -0.938. The molecule has 8 heteroatoms. The van der Waals surface area contributed by atoms with Crippen molar-refractivity contribution in [3.05, 3.63) is 29.5 Å². The maximum Gasteiger partial charge on any atom is 0.354 e. The highest BCUT2D eigenvalue weighted by molar-refractivity contribution is 5.98. The van der Waals surface area contributed by atoms with Crippen molar-refractivity contribution in [3.63, 3.8) is 0 Å². The van der Waals surface area contributed by atoms with E-state index in [1.54, 1.807) is 12.1 Å². The van der Waals surface area contributed by atoms with E-state index in [2.05, 4.69) is 4.98 Å². The number of aromatic hydroxyl groups is 1. The topological polar surface area (TPSA) is 112 Å². The molecule has 0 saturated carbocycles. The van der Waals surface area contributed by atoms with Gasteiger partial charge >= 0.3 is 5.97 Å². The monoisotopic (exact) mass is 399 g/mol. The number of aliphatic hydroxyl groups excluding tert-OH is 1. The summed E-state index contributed by atoms with van der Waals surface area (Å²) in [5.74, 6) is -0.518. The van der Waals surface area contributed by atoms with Crippen LogP contribution in [0, 0.1) is 5.41 Å². The molecular formula is C19H30ClN3O4. The molecule has 0 aliphatic heterocycles. The van der Waals surface area contributed by atoms with Crippen molar-refractivity contribution in [2.75, 3.05) is 27.2 Å². The lowest BCUT2D eigenvalue weighted by Crippen LogP contribution is -2.40. The van der Waals surface area contributed by atoms with Crippen LogP contribution < -0.4 is 5.73 Å². The summed E-state index contributed by atoms with van der Waals surface area (Å²) in [5.41, 5.74) is 7.04. The molecule has 27 heavy (non-hydrogen) atoms. The number of aromatic amines is 1. The van der Waals surface area contributed by atoms with Crippen molar-refractivity contribution in [2.24, 2.45) is 11.1 Å². The number of nitrogens with two attached hydrogens (primary N) is 1. The molecule has 1 aromatic heterocycles. The van der Waals surface area contributed by atoms with Crippen LogP contribution in [0.1, 0.15) is 42.9 Å². The third kappa shape index (κ3) is 5.35. The van der Waals surface area contributed by atoms with Gasteiger partial charge < -0.3 is 30.6 Å². The number of esters is 1. The van der Waals surface area contributed by atoms with E-state index in [9.17, 15) is 15.0 Å². The largest absolute Gasteiger partial charge is 0.506 e. The summed E-state index contributed by atoms with van der Waals surface area (Å²) in [4.78, 5) is 17.0. The number of H-pyrrole nitrogens is 1. The zero-order valence-electron chi connectivity index (χ0n) is 16.4. The number of nitrogens with zero attached hydrogens (tertiary/aromatic N) is 1. The Bertz CT molecular complexity index is 783. The summed E-state index contributed by atoms with van der Waals surface area (Å²) in [6, 6.07) is 4.18. The molecular weight excluding hydrogens is 370 g/mol. The molecule has 1 aromatic carbocycles. The molecule has 0 saturated heterocycles. The van der Waals surface area contributed by atoms with Crippen molar-refractivity contribution in [1.82, 2.24) is 9.88 Å². The van der Waals surface area contributed by atoms with Gasteiger partial charge in [-0.25, -0.2) is 4.79 Å². The fourth-order valence-electron chi connectivity index (χ4n) is 2.66. The Balaban J connectivity index is 0.00000364. The number of nitrogens with one attached hydrogen (secondary N) is 1. The smallest absolute Gasteiger partial charge is 0.354 e. The first kappa shape index (κ1) is 23.2. The van der Waals surface area contributed by atoms with E-state index in [4.69, 9.17) is 10.5 Å². The Morgan fingerprint density at radius 1 is 1.33 bits per heavy atom. The van der Waals surface area contributed by atoms with Crippen LogP contribution in [-0.4, -0.2) is 59.4 Å². The van der Waals surface area contributed by atoms with Crippen LogP contribution in [0.5, 0.6) is 5.75 Å². The number of benzene rings is 1. The van der Waals surface area contributed by atoms with Gasteiger partial charge in [-0.3, -0.25) is 0 Å². The molecule has 0 aliphatic rings. The fraction of sp³-hybridized carbons (Fsp3) is 0.526. The average Bonchev–Trinajstić information content (AvgIpc) is 2.98. The number of carbonyl (C=O) groups excluding carboxylic acids is 1. The highest BCUT2D eigenvalue weighted by Gasteiger charge is 2.30. The molecule has 2 atom stereocenters. The number of aliphatic hydroxyl groups is 1. The van der Waals surface area contributed by atoms with E-state index in [1.807, 2.05) is 39.8 Å². The Morgan fingerprint density at radius 3 is 2.52 bits per heavy atom. The van der Waals surface area contributed by atoms with Crippen LogP contribution >= 0.6 is 12.4 Å². The number of hydrogen-bond donors (Lipinski definition) is 4. The van der Waals surface area contributed by atoms with Gasteiger partial charge in [0.2, 0.25) is 0 Å². The number of phenols is 1. The molecule has 2 aromatic rings. The molecule has 0 aliphatic carbocycles. The molecule has 7 nitrogen and oxygen atoms in total. The highest BCUT2D eigenvalue weighted by Crippen LogP contribution is 2.35. The van der Waals surface area contributed by atoms with Gasteiger partial charge in [-0.15, -0.1) is 12.4 Å². The van der Waals surface area contributed by atoms with Crippen LogP contribution in [0.3, 0.4) is 0 Å².